The van der Waals surface area contributed by atoms with Crippen molar-refractivity contribution in [2.24, 2.45) is 0 Å². The number of rotatable bonds is 2. The van der Waals surface area contributed by atoms with Crippen LogP contribution in [-0.2, 0) is 6.18 Å². The van der Waals surface area contributed by atoms with E-state index in [1.165, 1.54) is 12.1 Å². The van der Waals surface area contributed by atoms with Gasteiger partial charge in [-0.3, -0.25) is 0 Å². The van der Waals surface area contributed by atoms with E-state index in [-0.39, 0.29) is 16.9 Å². The van der Waals surface area contributed by atoms with Gasteiger partial charge in [0.2, 0.25) is 0 Å². The van der Waals surface area contributed by atoms with Crippen LogP contribution in [0.4, 0.5) is 26.3 Å². The van der Waals surface area contributed by atoms with Gasteiger partial charge < -0.3 is 4.74 Å². The lowest BCUT2D eigenvalue weighted by Crippen LogP contribution is -2.11. The standard InChI is InChI=1S/C17H10F6O/c1-2-24-12-6-5-11(13(18)9-12)4-3-10-7-14(19)16(15(20)8-10)17(21,22)23/h5-9H,2H2,1H3. The Hall–Kier alpha value is -2.62. The average molecular weight is 344 g/mol. The molecule has 0 aliphatic heterocycles. The molecule has 0 aliphatic rings. The summed E-state index contributed by atoms with van der Waals surface area (Å²) in [5.41, 5.74) is -2.41. The Morgan fingerprint density at radius 2 is 1.54 bits per heavy atom. The Labute approximate surface area is 133 Å². The second-order valence-corrected chi connectivity index (χ2v) is 4.64. The van der Waals surface area contributed by atoms with E-state index in [9.17, 15) is 26.3 Å². The zero-order valence-electron chi connectivity index (χ0n) is 12.3. The van der Waals surface area contributed by atoms with Gasteiger partial charge in [-0.15, -0.1) is 0 Å². The van der Waals surface area contributed by atoms with Crippen LogP contribution in [-0.4, -0.2) is 6.61 Å². The quantitative estimate of drug-likeness (QED) is 0.555. The van der Waals surface area contributed by atoms with Crippen molar-refractivity contribution in [2.75, 3.05) is 6.61 Å². The number of alkyl halides is 3. The summed E-state index contributed by atoms with van der Waals surface area (Å²) in [4.78, 5) is 0. The van der Waals surface area contributed by atoms with Crippen molar-refractivity contribution < 1.29 is 31.1 Å². The third-order valence-corrected chi connectivity index (χ3v) is 2.92. The summed E-state index contributed by atoms with van der Waals surface area (Å²) in [5, 5.41) is 0. The van der Waals surface area contributed by atoms with Crippen LogP contribution >= 0.6 is 0 Å². The van der Waals surface area contributed by atoms with Crippen LogP contribution in [0, 0.1) is 29.3 Å². The van der Waals surface area contributed by atoms with Crippen LogP contribution in [0.2, 0.25) is 0 Å². The molecule has 126 valence electrons. The fourth-order valence-corrected chi connectivity index (χ4v) is 1.91. The van der Waals surface area contributed by atoms with Crippen LogP contribution < -0.4 is 4.74 Å². The lowest BCUT2D eigenvalue weighted by Gasteiger charge is -2.09. The largest absolute Gasteiger partial charge is 0.494 e. The monoisotopic (exact) mass is 344 g/mol. The molecule has 0 N–H and O–H groups in total. The highest BCUT2D eigenvalue weighted by Crippen LogP contribution is 2.33. The van der Waals surface area contributed by atoms with Crippen molar-refractivity contribution in [2.45, 2.75) is 13.1 Å². The Kier molecular flexibility index (Phi) is 5.07. The molecule has 0 saturated carbocycles. The third kappa shape index (κ3) is 4.02. The highest BCUT2D eigenvalue weighted by atomic mass is 19.4. The molecular weight excluding hydrogens is 334 g/mol. The fourth-order valence-electron chi connectivity index (χ4n) is 1.91. The predicted molar refractivity (Wildman–Crippen MR) is 74.9 cm³/mol. The van der Waals surface area contributed by atoms with Crippen molar-refractivity contribution in [3.05, 3.63) is 64.5 Å². The first-order chi connectivity index (χ1) is 11.2. The first-order valence-electron chi connectivity index (χ1n) is 6.73. The molecule has 2 aromatic rings. The molecule has 0 amide bonds. The van der Waals surface area contributed by atoms with E-state index >= 15 is 0 Å². The molecule has 0 radical (unpaired) electrons. The van der Waals surface area contributed by atoms with E-state index in [1.807, 2.05) is 0 Å². The molecule has 24 heavy (non-hydrogen) atoms. The molecular formula is C17H10F6O. The lowest BCUT2D eigenvalue weighted by atomic mass is 10.1. The van der Waals surface area contributed by atoms with Crippen LogP contribution in [0.15, 0.2) is 30.3 Å². The van der Waals surface area contributed by atoms with Gasteiger partial charge in [0.05, 0.1) is 12.2 Å². The SMILES string of the molecule is CCOc1ccc(C#Cc2cc(F)c(C(F)(F)F)c(F)c2)c(F)c1. The van der Waals surface area contributed by atoms with Gasteiger partial charge in [-0.1, -0.05) is 11.8 Å². The molecule has 0 spiro atoms. The summed E-state index contributed by atoms with van der Waals surface area (Å²) in [6.07, 6.45) is -5.15. The highest BCUT2D eigenvalue weighted by molar-refractivity contribution is 5.46. The maximum Gasteiger partial charge on any atom is 0.422 e. The van der Waals surface area contributed by atoms with Gasteiger partial charge in [-0.2, -0.15) is 13.2 Å². The molecule has 1 nitrogen and oxygen atoms in total. The van der Waals surface area contributed by atoms with E-state index in [0.717, 1.165) is 6.07 Å². The summed E-state index contributed by atoms with van der Waals surface area (Å²) in [5.74, 6) is 0.557. The number of hydrogen-bond acceptors (Lipinski definition) is 1. The van der Waals surface area contributed by atoms with Crippen LogP contribution in [0.3, 0.4) is 0 Å². The van der Waals surface area contributed by atoms with E-state index in [2.05, 4.69) is 11.8 Å². The van der Waals surface area contributed by atoms with Gasteiger partial charge in [0, 0.05) is 11.6 Å². The van der Waals surface area contributed by atoms with Gasteiger partial charge in [0.25, 0.3) is 0 Å². The smallest absolute Gasteiger partial charge is 0.422 e. The molecule has 0 bridgehead atoms. The topological polar surface area (TPSA) is 9.23 Å². The summed E-state index contributed by atoms with van der Waals surface area (Å²) in [6.45, 7) is 2.06. The zero-order valence-corrected chi connectivity index (χ0v) is 12.3. The maximum absolute atomic E-state index is 13.8. The van der Waals surface area contributed by atoms with Gasteiger partial charge in [-0.05, 0) is 31.2 Å². The Morgan fingerprint density at radius 1 is 0.917 bits per heavy atom. The number of hydrogen-bond donors (Lipinski definition) is 0. The van der Waals surface area contributed by atoms with Crippen molar-refractivity contribution in [1.29, 1.82) is 0 Å². The average Bonchev–Trinajstić information content (AvgIpc) is 2.44. The van der Waals surface area contributed by atoms with E-state index in [1.54, 1.807) is 6.92 Å². The lowest BCUT2D eigenvalue weighted by molar-refractivity contribution is -0.142. The predicted octanol–water partition coefficient (Wildman–Crippen LogP) is 4.92. The molecule has 7 heteroatoms. The van der Waals surface area contributed by atoms with Crippen LogP contribution in [0.5, 0.6) is 5.75 Å². The second kappa shape index (κ2) is 6.87. The van der Waals surface area contributed by atoms with Crippen LogP contribution in [0.25, 0.3) is 0 Å². The van der Waals surface area contributed by atoms with Crippen molar-refractivity contribution in [1.82, 2.24) is 0 Å². The van der Waals surface area contributed by atoms with E-state index in [0.29, 0.717) is 18.7 Å². The van der Waals surface area contributed by atoms with Gasteiger partial charge in [-0.25, -0.2) is 13.2 Å². The fraction of sp³-hybridized carbons (Fsp3) is 0.176. The van der Waals surface area contributed by atoms with Gasteiger partial charge in [0.1, 0.15) is 28.8 Å². The summed E-state index contributed by atoms with van der Waals surface area (Å²) in [6, 6.07) is 4.73. The van der Waals surface area contributed by atoms with Gasteiger partial charge in [0.15, 0.2) is 0 Å². The Bertz CT molecular complexity index is 791. The Morgan fingerprint density at radius 3 is 2.04 bits per heavy atom. The Balaban J connectivity index is 2.35. The van der Waals surface area contributed by atoms with E-state index < -0.39 is 29.2 Å². The molecule has 0 aliphatic carbocycles. The van der Waals surface area contributed by atoms with Crippen molar-refractivity contribution in [3.8, 4) is 17.6 Å². The molecule has 2 rings (SSSR count). The summed E-state index contributed by atoms with van der Waals surface area (Å²) >= 11 is 0. The minimum Gasteiger partial charge on any atom is -0.494 e. The normalized spacial score (nSPS) is 11.0. The third-order valence-electron chi connectivity index (χ3n) is 2.92. The van der Waals surface area contributed by atoms with Crippen molar-refractivity contribution in [3.63, 3.8) is 0 Å². The molecule has 0 atom stereocenters. The minimum absolute atomic E-state index is 0.0841. The zero-order chi connectivity index (χ0) is 17.9. The molecule has 0 aromatic heterocycles. The second-order valence-electron chi connectivity index (χ2n) is 4.64. The van der Waals surface area contributed by atoms with Crippen molar-refractivity contribution >= 4 is 0 Å². The number of benzene rings is 2. The minimum atomic E-state index is -5.15. The molecule has 0 saturated heterocycles. The van der Waals surface area contributed by atoms with Gasteiger partial charge >= 0.3 is 6.18 Å². The molecule has 2 aromatic carbocycles. The van der Waals surface area contributed by atoms with Crippen LogP contribution in [0.1, 0.15) is 23.6 Å². The number of ether oxygens (including phenoxy) is 1. The summed E-state index contributed by atoms with van der Waals surface area (Å²) in [7, 11) is 0. The molecule has 0 heterocycles. The highest BCUT2D eigenvalue weighted by Gasteiger charge is 2.37. The first-order valence-corrected chi connectivity index (χ1v) is 6.73. The number of halogens is 6. The molecule has 0 fully saturated rings. The first kappa shape index (κ1) is 17.7. The molecule has 0 unspecified atom stereocenters. The van der Waals surface area contributed by atoms with E-state index in [4.69, 9.17) is 4.74 Å². The summed E-state index contributed by atoms with van der Waals surface area (Å²) < 4.78 is 83.1. The maximum atomic E-state index is 13.8.